The summed E-state index contributed by atoms with van der Waals surface area (Å²) < 4.78 is 15.2. The Bertz CT molecular complexity index is 624. The van der Waals surface area contributed by atoms with Crippen LogP contribution in [0, 0.1) is 20.2 Å². The summed E-state index contributed by atoms with van der Waals surface area (Å²) in [5.41, 5.74) is -0.581. The van der Waals surface area contributed by atoms with E-state index in [1.54, 1.807) is 0 Å². The molecule has 0 heterocycles. The van der Waals surface area contributed by atoms with Crippen molar-refractivity contribution in [1.82, 2.24) is 0 Å². The van der Waals surface area contributed by atoms with Crippen LogP contribution in [-0.4, -0.2) is 67.1 Å². The van der Waals surface area contributed by atoms with Crippen LogP contribution in [0.2, 0.25) is 0 Å². The molecule has 1 rings (SSSR count). The maximum Gasteiger partial charge on any atom is 0.329 e. The fourth-order valence-corrected chi connectivity index (χ4v) is 1.79. The number of carboxylic acid groups (broad SMARTS) is 1. The van der Waals surface area contributed by atoms with Gasteiger partial charge in [-0.1, -0.05) is 0 Å². The quantitative estimate of drug-likeness (QED) is 0.273. The largest absolute Gasteiger partial charge is 0.480 e. The lowest BCUT2D eigenvalue weighted by Gasteiger charge is -2.08. The van der Waals surface area contributed by atoms with Gasteiger partial charge in [-0.15, -0.1) is 0 Å². The number of carbonyl (C=O) groups is 1. The number of anilines is 1. The first kappa shape index (κ1) is 21.2. The summed E-state index contributed by atoms with van der Waals surface area (Å²) in [5, 5.41) is 32.8. The molecule has 0 atom stereocenters. The Hall–Kier alpha value is -2.83. The second-order valence-corrected chi connectivity index (χ2v) is 4.81. The molecule has 0 saturated heterocycles. The van der Waals surface area contributed by atoms with Crippen LogP contribution in [-0.2, 0) is 19.0 Å². The van der Waals surface area contributed by atoms with Crippen molar-refractivity contribution >= 4 is 23.0 Å². The Morgan fingerprint density at radius 1 is 1.00 bits per heavy atom. The van der Waals surface area contributed by atoms with E-state index in [1.165, 1.54) is 12.1 Å². The molecule has 0 spiro atoms. The molecule has 0 aliphatic carbocycles. The molecule has 0 aromatic heterocycles. The van der Waals surface area contributed by atoms with Gasteiger partial charge in [0.1, 0.15) is 12.3 Å². The van der Waals surface area contributed by atoms with Crippen molar-refractivity contribution in [3.05, 3.63) is 38.4 Å². The molecule has 0 radical (unpaired) electrons. The fraction of sp³-hybridized carbons (Fsp3) is 0.500. The van der Waals surface area contributed by atoms with Gasteiger partial charge in [-0.3, -0.25) is 20.2 Å². The molecule has 0 fully saturated rings. The van der Waals surface area contributed by atoms with E-state index in [1.807, 2.05) is 0 Å². The van der Waals surface area contributed by atoms with E-state index < -0.39 is 15.8 Å². The predicted molar refractivity (Wildman–Crippen MR) is 88.3 cm³/mol. The zero-order valence-electron chi connectivity index (χ0n) is 13.8. The monoisotopic (exact) mass is 373 g/mol. The third-order valence-corrected chi connectivity index (χ3v) is 2.92. The number of rotatable bonds is 14. The summed E-state index contributed by atoms with van der Waals surface area (Å²) in [7, 11) is 0. The molecule has 2 N–H and O–H groups in total. The number of nitrogens with one attached hydrogen (secondary N) is 1. The summed E-state index contributed by atoms with van der Waals surface area (Å²) in [6, 6.07) is 3.34. The maximum atomic E-state index is 11.0. The van der Waals surface area contributed by atoms with Crippen LogP contribution in [0.25, 0.3) is 0 Å². The first-order valence-corrected chi connectivity index (χ1v) is 7.53. The molecule has 1 aromatic rings. The van der Waals surface area contributed by atoms with Gasteiger partial charge in [0.25, 0.3) is 11.4 Å². The number of benzene rings is 1. The molecule has 0 amide bonds. The standard InChI is InChI=1S/C14H19N3O9/c18-14(19)10-26-8-7-25-6-5-24-4-3-15-12-2-1-11(16(20)21)9-13(12)17(22)23/h1-2,9,15H,3-8,10H2,(H,18,19). The molecular weight excluding hydrogens is 354 g/mol. The molecule has 12 heteroatoms. The molecule has 1 aromatic carbocycles. The van der Waals surface area contributed by atoms with E-state index >= 15 is 0 Å². The zero-order chi connectivity index (χ0) is 19.4. The van der Waals surface area contributed by atoms with Crippen molar-refractivity contribution in [3.8, 4) is 0 Å². The number of nitrogens with zero attached hydrogens (tertiary/aromatic N) is 2. The smallest absolute Gasteiger partial charge is 0.329 e. The first-order chi connectivity index (χ1) is 12.4. The number of ether oxygens (including phenoxy) is 3. The van der Waals surface area contributed by atoms with Gasteiger partial charge < -0.3 is 24.6 Å². The van der Waals surface area contributed by atoms with E-state index in [4.69, 9.17) is 19.3 Å². The third-order valence-electron chi connectivity index (χ3n) is 2.92. The summed E-state index contributed by atoms with van der Waals surface area (Å²) in [5.74, 6) is -1.05. The van der Waals surface area contributed by atoms with Crippen molar-refractivity contribution in [2.24, 2.45) is 0 Å². The van der Waals surface area contributed by atoms with Gasteiger partial charge in [0, 0.05) is 12.6 Å². The highest BCUT2D eigenvalue weighted by Crippen LogP contribution is 2.28. The van der Waals surface area contributed by atoms with Gasteiger partial charge in [-0.05, 0) is 6.07 Å². The number of nitro benzene ring substituents is 2. The highest BCUT2D eigenvalue weighted by Gasteiger charge is 2.18. The number of carboxylic acids is 1. The van der Waals surface area contributed by atoms with Crippen LogP contribution < -0.4 is 5.32 Å². The number of hydrogen-bond donors (Lipinski definition) is 2. The zero-order valence-corrected chi connectivity index (χ0v) is 13.8. The van der Waals surface area contributed by atoms with E-state index in [0.717, 1.165) is 6.07 Å². The van der Waals surface area contributed by atoms with Gasteiger partial charge in [0.15, 0.2) is 0 Å². The Morgan fingerprint density at radius 2 is 1.62 bits per heavy atom. The topological polar surface area (TPSA) is 163 Å². The summed E-state index contributed by atoms with van der Waals surface area (Å²) in [6.07, 6.45) is 0. The van der Waals surface area contributed by atoms with Gasteiger partial charge >= 0.3 is 5.97 Å². The minimum absolute atomic E-state index is 0.163. The van der Waals surface area contributed by atoms with Gasteiger partial charge in [-0.2, -0.15) is 0 Å². The van der Waals surface area contributed by atoms with Crippen LogP contribution in [0.15, 0.2) is 18.2 Å². The lowest BCUT2D eigenvalue weighted by molar-refractivity contribution is -0.393. The highest BCUT2D eigenvalue weighted by molar-refractivity contribution is 5.68. The molecule has 0 bridgehead atoms. The Labute approximate surface area is 148 Å². The van der Waals surface area contributed by atoms with Crippen LogP contribution in [0.1, 0.15) is 0 Å². The van der Waals surface area contributed by atoms with Crippen LogP contribution in [0.5, 0.6) is 0 Å². The Balaban J connectivity index is 2.19. The van der Waals surface area contributed by atoms with E-state index in [-0.39, 0.29) is 63.2 Å². The first-order valence-electron chi connectivity index (χ1n) is 7.53. The Kier molecular flexibility index (Phi) is 9.53. The maximum absolute atomic E-state index is 11.0. The van der Waals surface area contributed by atoms with E-state index in [9.17, 15) is 25.0 Å². The molecule has 0 unspecified atom stereocenters. The average molecular weight is 373 g/mol. The average Bonchev–Trinajstić information content (AvgIpc) is 2.59. The fourth-order valence-electron chi connectivity index (χ4n) is 1.79. The highest BCUT2D eigenvalue weighted by atomic mass is 16.6. The summed E-state index contributed by atoms with van der Waals surface area (Å²) in [4.78, 5) is 30.4. The molecule has 0 aliphatic rings. The van der Waals surface area contributed by atoms with E-state index in [0.29, 0.717) is 0 Å². The lowest BCUT2D eigenvalue weighted by atomic mass is 10.2. The van der Waals surface area contributed by atoms with Crippen molar-refractivity contribution in [3.63, 3.8) is 0 Å². The summed E-state index contributed by atoms with van der Waals surface area (Å²) >= 11 is 0. The second-order valence-electron chi connectivity index (χ2n) is 4.81. The number of hydrogen-bond acceptors (Lipinski definition) is 9. The molecule has 0 saturated carbocycles. The van der Waals surface area contributed by atoms with Crippen LogP contribution in [0.4, 0.5) is 17.1 Å². The second kappa shape index (κ2) is 11.7. The van der Waals surface area contributed by atoms with Crippen molar-refractivity contribution in [1.29, 1.82) is 0 Å². The van der Waals surface area contributed by atoms with Gasteiger partial charge in [0.05, 0.1) is 48.9 Å². The predicted octanol–water partition coefficient (Wildman–Crippen LogP) is 1.05. The van der Waals surface area contributed by atoms with Crippen molar-refractivity contribution in [2.45, 2.75) is 0 Å². The van der Waals surface area contributed by atoms with Gasteiger partial charge in [0.2, 0.25) is 0 Å². The number of nitro groups is 2. The van der Waals surface area contributed by atoms with Crippen molar-refractivity contribution < 1.29 is 34.0 Å². The van der Waals surface area contributed by atoms with Crippen LogP contribution in [0.3, 0.4) is 0 Å². The molecule has 26 heavy (non-hydrogen) atoms. The number of non-ortho nitro benzene ring substituents is 1. The third kappa shape index (κ3) is 8.32. The minimum Gasteiger partial charge on any atom is -0.480 e. The lowest BCUT2D eigenvalue weighted by Crippen LogP contribution is -2.15. The van der Waals surface area contributed by atoms with Gasteiger partial charge in [-0.25, -0.2) is 4.79 Å². The molecule has 144 valence electrons. The molecule has 0 aliphatic heterocycles. The normalized spacial score (nSPS) is 10.5. The van der Waals surface area contributed by atoms with E-state index in [2.05, 4.69) is 5.32 Å². The SMILES string of the molecule is O=C(O)COCCOCCOCCNc1ccc([N+](=O)[O-])cc1[N+](=O)[O-]. The summed E-state index contributed by atoms with van der Waals surface area (Å²) in [6.45, 7) is 1.10. The molecular formula is C14H19N3O9. The van der Waals surface area contributed by atoms with Crippen LogP contribution >= 0.6 is 0 Å². The van der Waals surface area contributed by atoms with Crippen molar-refractivity contribution in [2.75, 3.05) is 51.5 Å². The number of aliphatic carboxylic acids is 1. The molecule has 12 nitrogen and oxygen atoms in total. The Morgan fingerprint density at radius 3 is 2.19 bits per heavy atom. The minimum atomic E-state index is -1.05.